The molecule has 3 nitrogen and oxygen atoms in total. The Morgan fingerprint density at radius 3 is 1.85 bits per heavy atom. The van der Waals surface area contributed by atoms with E-state index in [-0.39, 0.29) is 16.5 Å². The average Bonchev–Trinajstić information content (AvgIpc) is 1.97. The molecule has 5 heteroatoms. The molecule has 0 aliphatic rings. The van der Waals surface area contributed by atoms with E-state index < -0.39 is 8.25 Å². The summed E-state index contributed by atoms with van der Waals surface area (Å²) in [5.74, 6) is 0. The van der Waals surface area contributed by atoms with Crippen LogP contribution in [0, 0.1) is 6.92 Å². The van der Waals surface area contributed by atoms with Crippen LogP contribution in [0.1, 0.15) is 45.4 Å². The third kappa shape index (κ3) is 45.5. The summed E-state index contributed by atoms with van der Waals surface area (Å²) in [6.07, 6.45) is 7.98. The second kappa shape index (κ2) is 18.3. The Balaban J connectivity index is -0.000000173. The molecule has 0 atom stereocenters. The Kier molecular flexibility index (Phi) is 27.0. The van der Waals surface area contributed by atoms with Gasteiger partial charge in [0.2, 0.25) is 0 Å². The molecule has 0 spiro atoms. The quantitative estimate of drug-likeness (QED) is 0.342. The number of hydrogen-bond donors (Lipinski definition) is 2. The summed E-state index contributed by atoms with van der Waals surface area (Å²) < 4.78 is 8.70. The van der Waals surface area contributed by atoms with Crippen LogP contribution in [0.25, 0.3) is 0 Å². The largest absolute Gasteiger partial charge is 0.692 e. The minimum absolute atomic E-state index is 0. The van der Waals surface area contributed by atoms with Gasteiger partial charge in [-0.3, -0.25) is 0 Å². The smallest absolute Gasteiger partial charge is 0.343 e. The van der Waals surface area contributed by atoms with E-state index in [1.807, 2.05) is 0 Å². The standard InChI is InChI=1S/C8H17.Ni.HO3P/c1-3-5-7-8-6-4-2;;1-4(2)3/h1,3-8H2,2H3;;(H-,1,2,3)/q-1;;/p+1. The molecule has 13 heavy (non-hydrogen) atoms. The van der Waals surface area contributed by atoms with Gasteiger partial charge in [0.25, 0.3) is 0 Å². The van der Waals surface area contributed by atoms with Gasteiger partial charge in [0.05, 0.1) is 0 Å². The second-order valence-electron chi connectivity index (χ2n) is 2.52. The Labute approximate surface area is 91.8 Å². The summed E-state index contributed by atoms with van der Waals surface area (Å²) in [5.41, 5.74) is 0. The zero-order valence-electron chi connectivity index (χ0n) is 8.02. The van der Waals surface area contributed by atoms with Crippen molar-refractivity contribution in [2.45, 2.75) is 45.4 Å². The summed E-state index contributed by atoms with van der Waals surface area (Å²) in [7, 11) is -2.87. The molecule has 0 aliphatic carbocycles. The average molecular weight is 253 g/mol. The molecule has 0 fully saturated rings. The fraction of sp³-hybridized carbons (Fsp3) is 0.875. The van der Waals surface area contributed by atoms with Crippen LogP contribution >= 0.6 is 8.25 Å². The Bertz CT molecular complexity index is 91.4. The maximum atomic E-state index is 8.70. The summed E-state index contributed by atoms with van der Waals surface area (Å²) in [5, 5.41) is 0. The molecule has 0 rings (SSSR count). The van der Waals surface area contributed by atoms with Gasteiger partial charge in [-0.25, -0.2) is 0 Å². The third-order valence-corrected chi connectivity index (χ3v) is 1.35. The predicted octanol–water partition coefficient (Wildman–Crippen LogP) is 2.81. The van der Waals surface area contributed by atoms with Gasteiger partial charge in [-0.1, -0.05) is 39.0 Å². The molecule has 0 bridgehead atoms. The van der Waals surface area contributed by atoms with E-state index in [0.29, 0.717) is 0 Å². The molecule has 0 aromatic heterocycles. The Morgan fingerprint density at radius 2 is 1.54 bits per heavy atom. The normalized spacial score (nSPS) is 8.00. The maximum absolute atomic E-state index is 8.70. The molecule has 2 N–H and O–H groups in total. The molecule has 0 aromatic rings. The van der Waals surface area contributed by atoms with E-state index in [1.54, 1.807) is 0 Å². The van der Waals surface area contributed by atoms with Gasteiger partial charge in [0.1, 0.15) is 0 Å². The molecular weight excluding hydrogens is 234 g/mol. The summed E-state index contributed by atoms with van der Waals surface area (Å²) in [4.78, 5) is 14.2. The van der Waals surface area contributed by atoms with Crippen molar-refractivity contribution < 1.29 is 30.8 Å². The van der Waals surface area contributed by atoms with Gasteiger partial charge in [0.15, 0.2) is 0 Å². The van der Waals surface area contributed by atoms with Crippen LogP contribution in [0.2, 0.25) is 0 Å². The first-order valence-corrected chi connectivity index (χ1v) is 5.45. The third-order valence-electron chi connectivity index (χ3n) is 1.35. The van der Waals surface area contributed by atoms with Gasteiger partial charge in [-0.05, 0) is 0 Å². The second-order valence-corrected chi connectivity index (χ2v) is 3.03. The van der Waals surface area contributed by atoms with E-state index in [9.17, 15) is 0 Å². The van der Waals surface area contributed by atoms with Crippen LogP contribution in [0.5, 0.6) is 0 Å². The molecule has 0 unspecified atom stereocenters. The fourth-order valence-corrected chi connectivity index (χ4v) is 0.780. The first-order chi connectivity index (χ1) is 5.65. The summed E-state index contributed by atoms with van der Waals surface area (Å²) in [6, 6.07) is 0. The van der Waals surface area contributed by atoms with E-state index in [4.69, 9.17) is 14.4 Å². The van der Waals surface area contributed by atoms with Gasteiger partial charge < -0.3 is 6.92 Å². The minimum Gasteiger partial charge on any atom is -0.343 e. The van der Waals surface area contributed by atoms with Crippen LogP contribution in [0.15, 0.2) is 0 Å². The van der Waals surface area contributed by atoms with Crippen molar-refractivity contribution in [1.29, 1.82) is 0 Å². The minimum atomic E-state index is -2.87. The van der Waals surface area contributed by atoms with E-state index in [1.165, 1.54) is 32.1 Å². The molecule has 0 saturated heterocycles. The zero-order valence-corrected chi connectivity index (χ0v) is 9.90. The molecular formula is C8H19NiO3P. The van der Waals surface area contributed by atoms with E-state index in [2.05, 4.69) is 13.8 Å². The molecule has 0 amide bonds. The van der Waals surface area contributed by atoms with Gasteiger partial charge in [0, 0.05) is 21.1 Å². The van der Waals surface area contributed by atoms with Crippen molar-refractivity contribution in [3.8, 4) is 0 Å². The molecule has 0 saturated carbocycles. The van der Waals surface area contributed by atoms with Crippen LogP contribution in [0.4, 0.5) is 0 Å². The number of rotatable bonds is 5. The van der Waals surface area contributed by atoms with E-state index >= 15 is 0 Å². The van der Waals surface area contributed by atoms with Gasteiger partial charge in [-0.2, -0.15) is 6.42 Å². The van der Waals surface area contributed by atoms with Crippen molar-refractivity contribution in [2.75, 3.05) is 0 Å². The van der Waals surface area contributed by atoms with Crippen LogP contribution in [-0.2, 0) is 21.1 Å². The monoisotopic (exact) mass is 252 g/mol. The van der Waals surface area contributed by atoms with Gasteiger partial charge in [-0.15, -0.1) is 9.79 Å². The van der Waals surface area contributed by atoms with Crippen molar-refractivity contribution in [3.63, 3.8) is 0 Å². The van der Waals surface area contributed by atoms with Crippen molar-refractivity contribution in [3.05, 3.63) is 6.92 Å². The summed E-state index contributed by atoms with van der Waals surface area (Å²) >= 11 is 0. The number of unbranched alkanes of at least 4 members (excludes halogenated alkanes) is 5. The van der Waals surface area contributed by atoms with Crippen molar-refractivity contribution >= 4 is 8.25 Å². The van der Waals surface area contributed by atoms with Gasteiger partial charge >= 0.3 is 8.25 Å². The molecule has 0 aromatic carbocycles. The van der Waals surface area contributed by atoms with Crippen molar-refractivity contribution in [2.24, 2.45) is 0 Å². The topological polar surface area (TPSA) is 57.5 Å². The molecule has 84 valence electrons. The van der Waals surface area contributed by atoms with E-state index in [0.717, 1.165) is 6.42 Å². The van der Waals surface area contributed by atoms with Crippen LogP contribution in [0.3, 0.4) is 0 Å². The fourth-order valence-electron chi connectivity index (χ4n) is 0.780. The Morgan fingerprint density at radius 1 is 1.15 bits per heavy atom. The Hall–Kier alpha value is 0.514. The van der Waals surface area contributed by atoms with Crippen LogP contribution < -0.4 is 0 Å². The van der Waals surface area contributed by atoms with Crippen LogP contribution in [-0.4, -0.2) is 9.79 Å². The molecule has 0 heterocycles. The predicted molar refractivity (Wildman–Crippen MR) is 50.8 cm³/mol. The first kappa shape index (κ1) is 19.1. The zero-order chi connectivity index (χ0) is 9.82. The maximum Gasteiger partial charge on any atom is 0.692 e. The van der Waals surface area contributed by atoms with Crippen molar-refractivity contribution in [1.82, 2.24) is 0 Å². The summed E-state index contributed by atoms with van der Waals surface area (Å²) in [6.45, 7) is 6.02. The molecule has 0 radical (unpaired) electrons. The number of hydrogen-bond acceptors (Lipinski definition) is 1. The SMILES string of the molecule is O=[P+](O)O.[CH2-]CCCCCCC.[Ni]. The first-order valence-electron chi connectivity index (χ1n) is 4.29. The molecule has 0 aliphatic heterocycles.